The number of carbonyl (C=O) groups is 1. The van der Waals surface area contributed by atoms with Gasteiger partial charge < -0.3 is 15.3 Å². The van der Waals surface area contributed by atoms with E-state index >= 15 is 0 Å². The van der Waals surface area contributed by atoms with Crippen molar-refractivity contribution in [1.29, 1.82) is 0 Å². The van der Waals surface area contributed by atoms with Crippen molar-refractivity contribution in [3.8, 4) is 17.0 Å². The van der Waals surface area contributed by atoms with Gasteiger partial charge in [0.05, 0.1) is 28.4 Å². The van der Waals surface area contributed by atoms with Crippen molar-refractivity contribution in [2.45, 2.75) is 25.8 Å². The first-order chi connectivity index (χ1) is 16.1. The highest BCUT2D eigenvalue weighted by Gasteiger charge is 2.24. The number of rotatable bonds is 6. The number of aromatic amines is 1. The number of likely N-dealkylation sites (tertiary alicyclic amines) is 1. The topological polar surface area (TPSA) is 94.1 Å². The minimum Gasteiger partial charge on any atom is -0.508 e. The SMILES string of the molecule is Cc1n[nH]c2nc(-c3ccc(O)cc3)cc(C(=O)NC(CN3CCCC3)c3ccccc3)c12. The fourth-order valence-electron chi connectivity index (χ4n) is 4.52. The Morgan fingerprint density at radius 2 is 1.85 bits per heavy atom. The van der Waals surface area contributed by atoms with E-state index in [0.29, 0.717) is 16.9 Å². The van der Waals surface area contributed by atoms with Crippen LogP contribution in [0.3, 0.4) is 0 Å². The van der Waals surface area contributed by atoms with E-state index in [0.717, 1.165) is 41.8 Å². The number of aromatic nitrogens is 3. The van der Waals surface area contributed by atoms with Gasteiger partial charge in [-0.1, -0.05) is 30.3 Å². The molecule has 1 aliphatic heterocycles. The zero-order valence-corrected chi connectivity index (χ0v) is 18.6. The van der Waals surface area contributed by atoms with Gasteiger partial charge in [0.15, 0.2) is 5.65 Å². The summed E-state index contributed by atoms with van der Waals surface area (Å²) in [5, 5.41) is 20.9. The van der Waals surface area contributed by atoms with Gasteiger partial charge >= 0.3 is 0 Å². The molecule has 0 spiro atoms. The van der Waals surface area contributed by atoms with Gasteiger partial charge in [-0.05, 0) is 68.8 Å². The van der Waals surface area contributed by atoms with Crippen molar-refractivity contribution in [2.24, 2.45) is 0 Å². The molecule has 2 aromatic heterocycles. The van der Waals surface area contributed by atoms with Crippen LogP contribution in [0.25, 0.3) is 22.3 Å². The van der Waals surface area contributed by atoms with E-state index in [9.17, 15) is 9.90 Å². The third-order valence-corrected chi connectivity index (χ3v) is 6.27. The highest BCUT2D eigenvalue weighted by atomic mass is 16.3. The van der Waals surface area contributed by atoms with Crippen molar-refractivity contribution in [3.63, 3.8) is 0 Å². The van der Waals surface area contributed by atoms with E-state index in [4.69, 9.17) is 0 Å². The molecule has 0 bridgehead atoms. The summed E-state index contributed by atoms with van der Waals surface area (Å²) in [5.74, 6) is 0.0303. The van der Waals surface area contributed by atoms with Gasteiger partial charge in [-0.2, -0.15) is 5.10 Å². The second-order valence-electron chi connectivity index (χ2n) is 8.58. The third-order valence-electron chi connectivity index (χ3n) is 6.27. The summed E-state index contributed by atoms with van der Waals surface area (Å²) < 4.78 is 0. The molecule has 5 rings (SSSR count). The lowest BCUT2D eigenvalue weighted by molar-refractivity contribution is 0.0928. The van der Waals surface area contributed by atoms with Crippen LogP contribution in [-0.2, 0) is 0 Å². The summed E-state index contributed by atoms with van der Waals surface area (Å²) in [7, 11) is 0. The lowest BCUT2D eigenvalue weighted by Gasteiger charge is -2.25. The zero-order chi connectivity index (χ0) is 22.8. The second-order valence-corrected chi connectivity index (χ2v) is 8.58. The number of pyridine rings is 1. The van der Waals surface area contributed by atoms with Gasteiger partial charge in [0, 0.05) is 12.1 Å². The van der Waals surface area contributed by atoms with Crippen molar-refractivity contribution in [3.05, 3.63) is 77.5 Å². The van der Waals surface area contributed by atoms with Crippen LogP contribution < -0.4 is 5.32 Å². The molecular weight excluding hydrogens is 414 g/mol. The van der Waals surface area contributed by atoms with Crippen molar-refractivity contribution < 1.29 is 9.90 Å². The Kier molecular flexibility index (Phi) is 5.79. The quantitative estimate of drug-likeness (QED) is 0.417. The molecule has 0 saturated carbocycles. The standard InChI is InChI=1S/C26H27N5O2/c1-17-24-21(15-22(27-25(24)30-29-17)19-9-11-20(32)12-10-19)26(33)28-23(16-31-13-5-6-14-31)18-7-3-2-4-8-18/h2-4,7-12,15,23,32H,5-6,13-14,16H2,1H3,(H,28,33)(H,27,29,30). The summed E-state index contributed by atoms with van der Waals surface area (Å²) in [4.78, 5) is 20.7. The smallest absolute Gasteiger partial charge is 0.252 e. The maximum absolute atomic E-state index is 13.7. The predicted octanol–water partition coefficient (Wildman–Crippen LogP) is 4.21. The number of fused-ring (bicyclic) bond motifs is 1. The number of aromatic hydroxyl groups is 1. The van der Waals surface area contributed by atoms with Crippen molar-refractivity contribution in [1.82, 2.24) is 25.4 Å². The Hall–Kier alpha value is -3.71. The summed E-state index contributed by atoms with van der Waals surface area (Å²) in [5.41, 5.74) is 4.39. The number of phenolic OH excluding ortho intramolecular Hbond substituents is 1. The molecule has 7 heteroatoms. The van der Waals surface area contributed by atoms with E-state index in [-0.39, 0.29) is 17.7 Å². The number of hydrogen-bond acceptors (Lipinski definition) is 5. The Morgan fingerprint density at radius 3 is 2.58 bits per heavy atom. The van der Waals surface area contributed by atoms with E-state index in [1.807, 2.05) is 31.2 Å². The van der Waals surface area contributed by atoms with Crippen LogP contribution in [0.2, 0.25) is 0 Å². The van der Waals surface area contributed by atoms with Gasteiger partial charge in [0.25, 0.3) is 5.91 Å². The summed E-state index contributed by atoms with van der Waals surface area (Å²) in [6.45, 7) is 4.77. The lowest BCUT2D eigenvalue weighted by Crippen LogP contribution is -2.37. The molecule has 1 amide bonds. The zero-order valence-electron chi connectivity index (χ0n) is 18.6. The molecule has 1 unspecified atom stereocenters. The van der Waals surface area contributed by atoms with Crippen LogP contribution in [0, 0.1) is 6.92 Å². The van der Waals surface area contributed by atoms with E-state index in [1.165, 1.54) is 12.8 Å². The fraction of sp³-hybridized carbons (Fsp3) is 0.269. The highest BCUT2D eigenvalue weighted by molar-refractivity contribution is 6.07. The van der Waals surface area contributed by atoms with Gasteiger partial charge in [-0.15, -0.1) is 0 Å². The van der Waals surface area contributed by atoms with Crippen LogP contribution in [0.15, 0.2) is 60.7 Å². The molecular formula is C26H27N5O2. The van der Waals surface area contributed by atoms with Gasteiger partial charge in [-0.25, -0.2) is 4.98 Å². The molecule has 2 aromatic carbocycles. The Bertz CT molecular complexity index is 1260. The average molecular weight is 442 g/mol. The van der Waals surface area contributed by atoms with Crippen LogP contribution >= 0.6 is 0 Å². The number of benzene rings is 2. The molecule has 1 fully saturated rings. The molecule has 0 aliphatic carbocycles. The minimum atomic E-state index is -0.153. The van der Waals surface area contributed by atoms with Gasteiger partial charge in [-0.3, -0.25) is 9.89 Å². The minimum absolute atomic E-state index is 0.121. The molecule has 1 saturated heterocycles. The highest BCUT2D eigenvalue weighted by Crippen LogP contribution is 2.28. The van der Waals surface area contributed by atoms with Crippen LogP contribution in [0.4, 0.5) is 0 Å². The Balaban J connectivity index is 1.51. The first-order valence-corrected chi connectivity index (χ1v) is 11.3. The third kappa shape index (κ3) is 4.45. The number of nitrogens with one attached hydrogen (secondary N) is 2. The summed E-state index contributed by atoms with van der Waals surface area (Å²) in [6.07, 6.45) is 2.40. The summed E-state index contributed by atoms with van der Waals surface area (Å²) >= 11 is 0. The number of phenols is 1. The molecule has 0 radical (unpaired) electrons. The number of nitrogens with zero attached hydrogens (tertiary/aromatic N) is 3. The predicted molar refractivity (Wildman–Crippen MR) is 128 cm³/mol. The van der Waals surface area contributed by atoms with Gasteiger partial charge in [0.2, 0.25) is 0 Å². The largest absolute Gasteiger partial charge is 0.508 e. The molecule has 3 heterocycles. The van der Waals surface area contributed by atoms with Crippen molar-refractivity contribution >= 4 is 16.9 Å². The maximum atomic E-state index is 13.7. The molecule has 1 atom stereocenters. The van der Waals surface area contributed by atoms with Gasteiger partial charge in [0.1, 0.15) is 5.75 Å². The molecule has 168 valence electrons. The van der Waals surface area contributed by atoms with E-state index in [2.05, 4.69) is 37.5 Å². The summed E-state index contributed by atoms with van der Waals surface area (Å²) in [6, 6.07) is 18.6. The molecule has 3 N–H and O–H groups in total. The normalized spacial score (nSPS) is 15.1. The number of hydrogen-bond donors (Lipinski definition) is 3. The monoisotopic (exact) mass is 441 g/mol. The lowest BCUT2D eigenvalue weighted by atomic mass is 10.0. The molecule has 4 aromatic rings. The Labute approximate surface area is 192 Å². The average Bonchev–Trinajstić information content (AvgIpc) is 3.49. The number of H-pyrrole nitrogens is 1. The second kappa shape index (κ2) is 9.03. The van der Waals surface area contributed by atoms with Crippen LogP contribution in [-0.4, -0.2) is 50.7 Å². The first kappa shape index (κ1) is 21.2. The molecule has 7 nitrogen and oxygen atoms in total. The first-order valence-electron chi connectivity index (χ1n) is 11.3. The number of amides is 1. The van der Waals surface area contributed by atoms with Crippen LogP contribution in [0.5, 0.6) is 5.75 Å². The molecule has 33 heavy (non-hydrogen) atoms. The Morgan fingerprint density at radius 1 is 1.12 bits per heavy atom. The number of aryl methyl sites for hydroxylation is 1. The van der Waals surface area contributed by atoms with Crippen LogP contribution in [0.1, 0.15) is 40.5 Å². The van der Waals surface area contributed by atoms with E-state index < -0.39 is 0 Å². The molecule has 1 aliphatic rings. The van der Waals surface area contributed by atoms with E-state index in [1.54, 1.807) is 24.3 Å². The van der Waals surface area contributed by atoms with Crippen molar-refractivity contribution in [2.75, 3.05) is 19.6 Å². The maximum Gasteiger partial charge on any atom is 0.252 e. The fourth-order valence-corrected chi connectivity index (χ4v) is 4.52. The number of carbonyl (C=O) groups excluding carboxylic acids is 1.